The molecule has 0 aromatic heterocycles. The number of aryl methyl sites for hydroxylation is 2. The van der Waals surface area contributed by atoms with E-state index >= 15 is 0 Å². The summed E-state index contributed by atoms with van der Waals surface area (Å²) in [6.07, 6.45) is 0. The predicted molar refractivity (Wildman–Crippen MR) is 90.6 cm³/mol. The number of carbonyl (C=O) groups excluding carboxylic acids is 1. The first-order valence-electron chi connectivity index (χ1n) is 7.01. The van der Waals surface area contributed by atoms with Crippen LogP contribution in [0.1, 0.15) is 22.7 Å². The maximum absolute atomic E-state index is 12.3. The van der Waals surface area contributed by atoms with Crippen LogP contribution in [-0.4, -0.2) is 11.9 Å². The Labute approximate surface area is 139 Å². The Balaban J connectivity index is 2.02. The number of hydrogen-bond acceptors (Lipinski definition) is 2. The molecule has 0 spiro atoms. The molecule has 2 aromatic rings. The third kappa shape index (κ3) is 2.39. The molecule has 5 heteroatoms. The summed E-state index contributed by atoms with van der Waals surface area (Å²) in [5, 5.41) is 1.08. The Morgan fingerprint density at radius 1 is 1.05 bits per heavy atom. The molecule has 22 heavy (non-hydrogen) atoms. The van der Waals surface area contributed by atoms with E-state index in [9.17, 15) is 4.79 Å². The second-order valence-corrected chi connectivity index (χ2v) is 6.46. The highest BCUT2D eigenvalue weighted by atomic mass is 35.5. The number of anilines is 1. The number of benzene rings is 2. The van der Waals surface area contributed by atoms with Crippen LogP contribution >= 0.6 is 23.2 Å². The Bertz CT molecular complexity index is 760. The van der Waals surface area contributed by atoms with Gasteiger partial charge in [0, 0.05) is 15.7 Å². The van der Waals surface area contributed by atoms with Crippen molar-refractivity contribution in [2.24, 2.45) is 5.73 Å². The molecule has 0 bridgehead atoms. The minimum Gasteiger partial charge on any atom is -0.318 e. The fourth-order valence-electron chi connectivity index (χ4n) is 2.75. The second-order valence-electron chi connectivity index (χ2n) is 5.61. The third-order valence-electron chi connectivity index (χ3n) is 4.19. The minimum atomic E-state index is -0.583. The van der Waals surface area contributed by atoms with Gasteiger partial charge < -0.3 is 10.6 Å². The Morgan fingerprint density at radius 2 is 1.77 bits per heavy atom. The zero-order chi connectivity index (χ0) is 16.0. The number of amides is 1. The highest BCUT2D eigenvalue weighted by molar-refractivity contribution is 6.35. The molecule has 1 aliphatic rings. The molecular formula is C17H16Cl2N2O. The third-order valence-corrected chi connectivity index (χ3v) is 4.75. The molecule has 1 heterocycles. The number of nitrogens with zero attached hydrogens (tertiary/aromatic N) is 1. The van der Waals surface area contributed by atoms with Crippen LogP contribution in [0.5, 0.6) is 0 Å². The smallest absolute Gasteiger partial charge is 0.247 e. The molecule has 0 aliphatic carbocycles. The molecule has 2 aromatic carbocycles. The molecular weight excluding hydrogens is 319 g/mol. The summed E-state index contributed by atoms with van der Waals surface area (Å²) in [4.78, 5) is 14.0. The standard InChI is InChI=1S/C17H16Cl2N2O/c1-9-3-5-12(7-10(9)2)21-16(15(20)17(21)22)13-6-4-11(18)8-14(13)19/h3-8,15-16H,20H2,1-2H3/t15-,16-/m0/s1. The van der Waals surface area contributed by atoms with Gasteiger partial charge in [-0.1, -0.05) is 35.3 Å². The van der Waals surface area contributed by atoms with Crippen LogP contribution < -0.4 is 10.6 Å². The number of β-lactam (4-membered cyclic amide) rings is 1. The molecule has 3 nitrogen and oxygen atoms in total. The van der Waals surface area contributed by atoms with Crippen LogP contribution in [0, 0.1) is 13.8 Å². The predicted octanol–water partition coefficient (Wildman–Crippen LogP) is 4.03. The molecule has 2 atom stereocenters. The van der Waals surface area contributed by atoms with Gasteiger partial charge in [0.2, 0.25) is 5.91 Å². The highest BCUT2D eigenvalue weighted by Crippen LogP contribution is 2.41. The van der Waals surface area contributed by atoms with Crippen molar-refractivity contribution in [3.63, 3.8) is 0 Å². The summed E-state index contributed by atoms with van der Waals surface area (Å²) in [5.74, 6) is -0.0979. The lowest BCUT2D eigenvalue weighted by molar-refractivity contribution is -0.126. The number of carbonyl (C=O) groups is 1. The van der Waals surface area contributed by atoms with Gasteiger partial charge in [0.1, 0.15) is 6.04 Å². The van der Waals surface area contributed by atoms with E-state index < -0.39 is 6.04 Å². The lowest BCUT2D eigenvalue weighted by atomic mass is 9.88. The molecule has 0 unspecified atom stereocenters. The highest BCUT2D eigenvalue weighted by Gasteiger charge is 2.47. The number of halogens is 2. The van der Waals surface area contributed by atoms with Crippen LogP contribution in [0.15, 0.2) is 36.4 Å². The summed E-state index contributed by atoms with van der Waals surface area (Å²) >= 11 is 12.2. The minimum absolute atomic E-state index is 0.0979. The van der Waals surface area contributed by atoms with E-state index in [1.54, 1.807) is 17.0 Å². The molecule has 1 fully saturated rings. The van der Waals surface area contributed by atoms with Gasteiger partial charge >= 0.3 is 0 Å². The first-order valence-corrected chi connectivity index (χ1v) is 7.76. The first kappa shape index (κ1) is 15.3. The van der Waals surface area contributed by atoms with Gasteiger partial charge in [0.25, 0.3) is 0 Å². The van der Waals surface area contributed by atoms with Gasteiger partial charge in [0.05, 0.1) is 6.04 Å². The SMILES string of the molecule is Cc1ccc(N2C(=O)[C@@H](N)[C@@H]2c2ccc(Cl)cc2Cl)cc1C. The molecule has 0 radical (unpaired) electrons. The van der Waals surface area contributed by atoms with Crippen LogP contribution in [0.4, 0.5) is 5.69 Å². The van der Waals surface area contributed by atoms with Crippen molar-refractivity contribution in [3.05, 3.63) is 63.1 Å². The second kappa shape index (κ2) is 5.58. The van der Waals surface area contributed by atoms with Crippen LogP contribution in [0.25, 0.3) is 0 Å². The van der Waals surface area contributed by atoms with E-state index in [-0.39, 0.29) is 11.9 Å². The van der Waals surface area contributed by atoms with Crippen molar-refractivity contribution in [3.8, 4) is 0 Å². The van der Waals surface area contributed by atoms with Gasteiger partial charge in [0.15, 0.2) is 0 Å². The van der Waals surface area contributed by atoms with Crippen molar-refractivity contribution in [2.75, 3.05) is 4.90 Å². The topological polar surface area (TPSA) is 46.3 Å². The molecule has 0 saturated carbocycles. The Hall–Kier alpha value is -1.55. The number of nitrogens with two attached hydrogens (primary N) is 1. The zero-order valence-corrected chi connectivity index (χ0v) is 13.8. The summed E-state index contributed by atoms with van der Waals surface area (Å²) in [7, 11) is 0. The number of hydrogen-bond donors (Lipinski definition) is 1. The summed E-state index contributed by atoms with van der Waals surface area (Å²) < 4.78 is 0. The molecule has 1 aliphatic heterocycles. The summed E-state index contributed by atoms with van der Waals surface area (Å²) in [5.41, 5.74) is 9.99. The monoisotopic (exact) mass is 334 g/mol. The van der Waals surface area contributed by atoms with Gasteiger partial charge in [-0.2, -0.15) is 0 Å². The van der Waals surface area contributed by atoms with E-state index in [0.29, 0.717) is 10.0 Å². The first-order chi connectivity index (χ1) is 10.4. The van der Waals surface area contributed by atoms with Gasteiger partial charge in [-0.15, -0.1) is 0 Å². The molecule has 114 valence electrons. The lowest BCUT2D eigenvalue weighted by Gasteiger charge is -2.46. The van der Waals surface area contributed by atoms with Crippen molar-refractivity contribution in [1.82, 2.24) is 0 Å². The normalized spacial score (nSPS) is 21.0. The fourth-order valence-corrected chi connectivity index (χ4v) is 3.27. The average Bonchev–Trinajstić information content (AvgIpc) is 2.48. The summed E-state index contributed by atoms with van der Waals surface area (Å²) in [6, 6.07) is 10.3. The van der Waals surface area contributed by atoms with Crippen molar-refractivity contribution < 1.29 is 4.79 Å². The maximum atomic E-state index is 12.3. The quantitative estimate of drug-likeness (QED) is 0.843. The van der Waals surface area contributed by atoms with E-state index in [1.807, 2.05) is 38.1 Å². The lowest BCUT2D eigenvalue weighted by Crippen LogP contribution is -2.63. The molecule has 1 saturated heterocycles. The van der Waals surface area contributed by atoms with Crippen LogP contribution in [0.2, 0.25) is 10.0 Å². The Kier molecular flexibility index (Phi) is 3.89. The average molecular weight is 335 g/mol. The maximum Gasteiger partial charge on any atom is 0.247 e. The fraction of sp³-hybridized carbons (Fsp3) is 0.235. The van der Waals surface area contributed by atoms with Crippen molar-refractivity contribution in [1.29, 1.82) is 0 Å². The van der Waals surface area contributed by atoms with Crippen LogP contribution in [-0.2, 0) is 4.79 Å². The largest absolute Gasteiger partial charge is 0.318 e. The van der Waals surface area contributed by atoms with Crippen LogP contribution in [0.3, 0.4) is 0 Å². The van der Waals surface area contributed by atoms with E-state index in [0.717, 1.165) is 16.8 Å². The van der Waals surface area contributed by atoms with Gasteiger partial charge in [-0.25, -0.2) is 0 Å². The Morgan fingerprint density at radius 3 is 2.41 bits per heavy atom. The van der Waals surface area contributed by atoms with E-state index in [1.165, 1.54) is 5.56 Å². The zero-order valence-electron chi connectivity index (χ0n) is 12.3. The van der Waals surface area contributed by atoms with E-state index in [4.69, 9.17) is 28.9 Å². The molecule has 1 amide bonds. The molecule has 2 N–H and O–H groups in total. The molecule has 3 rings (SSSR count). The summed E-state index contributed by atoms with van der Waals surface area (Å²) in [6.45, 7) is 4.06. The van der Waals surface area contributed by atoms with Crippen molar-refractivity contribution >= 4 is 34.8 Å². The van der Waals surface area contributed by atoms with E-state index in [2.05, 4.69) is 0 Å². The van der Waals surface area contributed by atoms with Gasteiger partial charge in [-0.05, 0) is 54.8 Å². The van der Waals surface area contributed by atoms with Gasteiger partial charge in [-0.3, -0.25) is 4.79 Å². The number of rotatable bonds is 2. The van der Waals surface area contributed by atoms with Crippen molar-refractivity contribution in [2.45, 2.75) is 25.9 Å².